The third kappa shape index (κ3) is 4.90. The minimum Gasteiger partial charge on any atom is -0.493 e. The second kappa shape index (κ2) is 10.0. The lowest BCUT2D eigenvalue weighted by Gasteiger charge is -2.15. The Morgan fingerprint density at radius 1 is 0.733 bits per heavy atom. The molecule has 0 unspecified atom stereocenters. The van der Waals surface area contributed by atoms with Crippen LogP contribution in [0, 0.1) is 0 Å². The van der Waals surface area contributed by atoms with Gasteiger partial charge in [-0.05, 0) is 18.2 Å². The fraction of sp³-hybridized carbons (Fsp3) is 0.250. The number of hydrogen-bond acceptors (Lipinski definition) is 8. The summed E-state index contributed by atoms with van der Waals surface area (Å²) in [5.74, 6) is -0.260. The SMILES string of the molecule is COC(=O)c1ccc(C(=O)OC)c(NC(=O)Nc2cc(OC)c(OC)c(OC)c2)c1. The molecule has 0 heterocycles. The summed E-state index contributed by atoms with van der Waals surface area (Å²) in [6.07, 6.45) is 0. The second-order valence-electron chi connectivity index (χ2n) is 5.74. The smallest absolute Gasteiger partial charge is 0.339 e. The number of anilines is 2. The third-order valence-corrected chi connectivity index (χ3v) is 4.02. The number of nitrogens with one attached hydrogen (secondary N) is 2. The molecule has 0 saturated heterocycles. The van der Waals surface area contributed by atoms with Gasteiger partial charge in [-0.15, -0.1) is 0 Å². The summed E-state index contributed by atoms with van der Waals surface area (Å²) < 4.78 is 25.1. The van der Waals surface area contributed by atoms with Crippen molar-refractivity contribution in [1.82, 2.24) is 0 Å². The first-order valence-corrected chi connectivity index (χ1v) is 8.57. The molecule has 0 fully saturated rings. The van der Waals surface area contributed by atoms with Crippen LogP contribution in [-0.4, -0.2) is 53.5 Å². The van der Waals surface area contributed by atoms with Crippen LogP contribution < -0.4 is 24.8 Å². The Morgan fingerprint density at radius 2 is 1.33 bits per heavy atom. The van der Waals surface area contributed by atoms with E-state index in [1.165, 1.54) is 65.9 Å². The van der Waals surface area contributed by atoms with Crippen molar-refractivity contribution in [2.75, 3.05) is 46.2 Å². The molecule has 160 valence electrons. The van der Waals surface area contributed by atoms with Crippen molar-refractivity contribution in [3.63, 3.8) is 0 Å². The van der Waals surface area contributed by atoms with Gasteiger partial charge < -0.3 is 34.3 Å². The standard InChI is InChI=1S/C20H22N2O8/c1-26-15-9-12(10-16(27-2)17(15)28-3)21-20(25)22-14-8-11(18(23)29-4)6-7-13(14)19(24)30-5/h6-10H,1-5H3,(H2,21,22,25). The van der Waals surface area contributed by atoms with E-state index in [-0.39, 0.29) is 16.8 Å². The third-order valence-electron chi connectivity index (χ3n) is 4.02. The lowest BCUT2D eigenvalue weighted by atomic mass is 10.1. The molecule has 2 rings (SSSR count). The number of methoxy groups -OCH3 is 5. The number of ether oxygens (including phenoxy) is 5. The largest absolute Gasteiger partial charge is 0.493 e. The van der Waals surface area contributed by atoms with Gasteiger partial charge in [0.05, 0.1) is 58.1 Å². The van der Waals surface area contributed by atoms with E-state index in [0.29, 0.717) is 22.9 Å². The van der Waals surface area contributed by atoms with Crippen molar-refractivity contribution in [3.8, 4) is 17.2 Å². The van der Waals surface area contributed by atoms with Crippen LogP contribution in [0.5, 0.6) is 17.2 Å². The molecule has 10 heteroatoms. The minimum atomic E-state index is -0.686. The van der Waals surface area contributed by atoms with Crippen LogP contribution in [0.1, 0.15) is 20.7 Å². The molecule has 0 aliphatic carbocycles. The number of rotatable bonds is 7. The van der Waals surface area contributed by atoms with Gasteiger partial charge in [0.2, 0.25) is 5.75 Å². The zero-order chi connectivity index (χ0) is 22.3. The van der Waals surface area contributed by atoms with Gasteiger partial charge in [-0.1, -0.05) is 0 Å². The molecule has 30 heavy (non-hydrogen) atoms. The topological polar surface area (TPSA) is 121 Å². The molecule has 2 amide bonds. The molecular weight excluding hydrogens is 396 g/mol. The molecule has 2 N–H and O–H groups in total. The number of carbonyl (C=O) groups excluding carboxylic acids is 3. The number of urea groups is 1. The number of amides is 2. The molecule has 0 aromatic heterocycles. The maximum Gasteiger partial charge on any atom is 0.339 e. The molecule has 0 spiro atoms. The van der Waals surface area contributed by atoms with Crippen LogP contribution in [0.25, 0.3) is 0 Å². The quantitative estimate of drug-likeness (QED) is 0.659. The van der Waals surface area contributed by atoms with E-state index in [4.69, 9.17) is 18.9 Å². The summed E-state index contributed by atoms with van der Waals surface area (Å²) >= 11 is 0. The number of carbonyl (C=O) groups is 3. The van der Waals surface area contributed by atoms with Gasteiger partial charge in [-0.25, -0.2) is 14.4 Å². The van der Waals surface area contributed by atoms with Crippen molar-refractivity contribution in [1.29, 1.82) is 0 Å². The van der Waals surface area contributed by atoms with E-state index in [1.807, 2.05) is 0 Å². The normalized spacial score (nSPS) is 9.90. The van der Waals surface area contributed by atoms with Crippen molar-refractivity contribution in [3.05, 3.63) is 41.5 Å². The predicted octanol–water partition coefficient (Wildman–Crippen LogP) is 2.93. The monoisotopic (exact) mass is 418 g/mol. The number of esters is 2. The molecule has 2 aromatic rings. The average Bonchev–Trinajstić information content (AvgIpc) is 2.76. The van der Waals surface area contributed by atoms with Gasteiger partial charge in [0.25, 0.3) is 0 Å². The van der Waals surface area contributed by atoms with Crippen LogP contribution in [0.15, 0.2) is 30.3 Å². The molecule has 0 saturated carbocycles. The van der Waals surface area contributed by atoms with E-state index in [1.54, 1.807) is 0 Å². The van der Waals surface area contributed by atoms with E-state index in [9.17, 15) is 14.4 Å². The summed E-state index contributed by atoms with van der Waals surface area (Å²) in [4.78, 5) is 36.3. The van der Waals surface area contributed by atoms with E-state index in [0.717, 1.165) is 0 Å². The lowest BCUT2D eigenvalue weighted by Crippen LogP contribution is -2.22. The van der Waals surface area contributed by atoms with Crippen LogP contribution in [-0.2, 0) is 9.47 Å². The highest BCUT2D eigenvalue weighted by Crippen LogP contribution is 2.40. The lowest BCUT2D eigenvalue weighted by molar-refractivity contribution is 0.0587. The predicted molar refractivity (Wildman–Crippen MR) is 108 cm³/mol. The first kappa shape index (κ1) is 22.3. The van der Waals surface area contributed by atoms with Crippen molar-refractivity contribution in [2.24, 2.45) is 0 Å². The Hall–Kier alpha value is -3.95. The van der Waals surface area contributed by atoms with Gasteiger partial charge >= 0.3 is 18.0 Å². The van der Waals surface area contributed by atoms with Gasteiger partial charge in [0.15, 0.2) is 11.5 Å². The fourth-order valence-corrected chi connectivity index (χ4v) is 2.62. The maximum absolute atomic E-state index is 12.5. The Bertz CT molecular complexity index is 933. The van der Waals surface area contributed by atoms with E-state index in [2.05, 4.69) is 15.4 Å². The molecule has 2 aromatic carbocycles. The van der Waals surface area contributed by atoms with Crippen molar-refractivity contribution < 1.29 is 38.1 Å². The highest BCUT2D eigenvalue weighted by atomic mass is 16.5. The number of hydrogen-bond donors (Lipinski definition) is 2. The zero-order valence-corrected chi connectivity index (χ0v) is 17.2. The summed E-state index contributed by atoms with van der Waals surface area (Å²) in [6, 6.07) is 6.44. The van der Waals surface area contributed by atoms with Crippen LogP contribution >= 0.6 is 0 Å². The van der Waals surface area contributed by atoms with Crippen LogP contribution in [0.3, 0.4) is 0 Å². The van der Waals surface area contributed by atoms with Crippen molar-refractivity contribution >= 4 is 29.3 Å². The Labute approximate surface area is 173 Å². The molecule has 10 nitrogen and oxygen atoms in total. The van der Waals surface area contributed by atoms with Gasteiger partial charge in [0, 0.05) is 12.1 Å². The van der Waals surface area contributed by atoms with Gasteiger partial charge in [0.1, 0.15) is 0 Å². The minimum absolute atomic E-state index is 0.0604. The van der Waals surface area contributed by atoms with E-state index < -0.39 is 18.0 Å². The summed E-state index contributed by atoms with van der Waals surface area (Å²) in [5.41, 5.74) is 0.610. The van der Waals surface area contributed by atoms with Gasteiger partial charge in [-0.3, -0.25) is 0 Å². The second-order valence-corrected chi connectivity index (χ2v) is 5.74. The first-order valence-electron chi connectivity index (χ1n) is 8.57. The summed E-state index contributed by atoms with van der Waals surface area (Å²) in [6.45, 7) is 0. The molecule has 0 aliphatic rings. The Balaban J connectivity index is 2.33. The fourth-order valence-electron chi connectivity index (χ4n) is 2.62. The summed E-state index contributed by atoms with van der Waals surface area (Å²) in [5, 5.41) is 5.13. The van der Waals surface area contributed by atoms with Crippen LogP contribution in [0.4, 0.5) is 16.2 Å². The van der Waals surface area contributed by atoms with Crippen LogP contribution in [0.2, 0.25) is 0 Å². The molecule has 0 atom stereocenters. The molecule has 0 radical (unpaired) electrons. The Morgan fingerprint density at radius 3 is 1.83 bits per heavy atom. The average molecular weight is 418 g/mol. The Kier molecular flexibility index (Phi) is 7.45. The highest BCUT2D eigenvalue weighted by molar-refractivity contribution is 6.06. The first-order chi connectivity index (χ1) is 14.4. The van der Waals surface area contributed by atoms with E-state index >= 15 is 0 Å². The molecular formula is C20H22N2O8. The van der Waals surface area contributed by atoms with Crippen molar-refractivity contribution in [2.45, 2.75) is 0 Å². The van der Waals surface area contributed by atoms with Gasteiger partial charge in [-0.2, -0.15) is 0 Å². The molecule has 0 aliphatic heterocycles. The maximum atomic E-state index is 12.5. The highest BCUT2D eigenvalue weighted by Gasteiger charge is 2.19. The zero-order valence-electron chi connectivity index (χ0n) is 17.2. The summed E-state index contributed by atoms with van der Waals surface area (Å²) in [7, 11) is 6.78. The molecule has 0 bridgehead atoms. The number of benzene rings is 2.